The molecule has 4 rings (SSSR count). The van der Waals surface area contributed by atoms with Crippen LogP contribution in [0.5, 0.6) is 0 Å². The molecule has 5 nitrogen and oxygen atoms in total. The summed E-state index contributed by atoms with van der Waals surface area (Å²) in [6.07, 6.45) is 3.54. The fourth-order valence-corrected chi connectivity index (χ4v) is 3.52. The maximum Gasteiger partial charge on any atom is 0.263 e. The van der Waals surface area contributed by atoms with Crippen molar-refractivity contribution in [2.24, 2.45) is 0 Å². The first-order chi connectivity index (χ1) is 11.6. The summed E-state index contributed by atoms with van der Waals surface area (Å²) in [5, 5.41) is 0.913. The zero-order valence-corrected chi connectivity index (χ0v) is 14.5. The van der Waals surface area contributed by atoms with E-state index >= 15 is 0 Å². The molecule has 0 saturated carbocycles. The Labute approximate surface area is 146 Å². The van der Waals surface area contributed by atoms with Gasteiger partial charge >= 0.3 is 0 Å². The molecule has 0 spiro atoms. The predicted molar refractivity (Wildman–Crippen MR) is 96.0 cm³/mol. The van der Waals surface area contributed by atoms with E-state index in [0.29, 0.717) is 23.4 Å². The smallest absolute Gasteiger partial charge is 0.263 e. The molecule has 6 heteroatoms. The molecular formula is C18H14BrN3O2. The Hall–Kier alpha value is -2.60. The average Bonchev–Trinajstić information content (AvgIpc) is 3.25. The van der Waals surface area contributed by atoms with Gasteiger partial charge in [0.05, 0.1) is 16.8 Å². The van der Waals surface area contributed by atoms with Crippen molar-refractivity contribution >= 4 is 49.8 Å². The van der Waals surface area contributed by atoms with Gasteiger partial charge in [0.2, 0.25) is 0 Å². The zero-order chi connectivity index (χ0) is 16.8. The first-order valence-corrected chi connectivity index (χ1v) is 8.42. The molecule has 2 aromatic heterocycles. The molecule has 3 heterocycles. The van der Waals surface area contributed by atoms with E-state index in [1.165, 1.54) is 4.90 Å². The second-order valence-electron chi connectivity index (χ2n) is 5.58. The third-order valence-electron chi connectivity index (χ3n) is 4.26. The van der Waals surface area contributed by atoms with E-state index in [0.717, 1.165) is 20.9 Å². The molecule has 1 aliphatic heterocycles. The van der Waals surface area contributed by atoms with E-state index < -0.39 is 0 Å². The maximum atomic E-state index is 12.9. The third kappa shape index (κ3) is 2.06. The number of likely N-dealkylation sites (N-methyl/N-ethyl adjacent to an activating group) is 1. The van der Waals surface area contributed by atoms with Gasteiger partial charge in [0.25, 0.3) is 11.8 Å². The molecule has 0 bridgehead atoms. The minimum absolute atomic E-state index is 0.254. The average molecular weight is 384 g/mol. The number of carbonyl (C=O) groups is 2. The number of imide groups is 1. The summed E-state index contributed by atoms with van der Waals surface area (Å²) >= 11 is 3.44. The largest absolute Gasteiger partial charge is 0.361 e. The van der Waals surface area contributed by atoms with Gasteiger partial charge in [-0.1, -0.05) is 22.0 Å². The molecule has 2 amide bonds. The summed E-state index contributed by atoms with van der Waals surface area (Å²) in [4.78, 5) is 33.1. The summed E-state index contributed by atoms with van der Waals surface area (Å²) in [6.45, 7) is 2.15. The van der Waals surface area contributed by atoms with E-state index in [4.69, 9.17) is 0 Å². The molecule has 0 unspecified atom stereocenters. The van der Waals surface area contributed by atoms with Gasteiger partial charge in [-0.25, -0.2) is 0 Å². The Morgan fingerprint density at radius 1 is 1.08 bits per heavy atom. The van der Waals surface area contributed by atoms with Gasteiger partial charge in [-0.15, -0.1) is 0 Å². The Bertz CT molecular complexity index is 999. The van der Waals surface area contributed by atoms with Gasteiger partial charge in [-0.2, -0.15) is 0 Å². The predicted octanol–water partition coefficient (Wildman–Crippen LogP) is 3.56. The summed E-state index contributed by atoms with van der Waals surface area (Å²) in [5.74, 6) is -0.512. The van der Waals surface area contributed by atoms with Gasteiger partial charge in [-0.3, -0.25) is 14.5 Å². The molecule has 3 aromatic rings. The Morgan fingerprint density at radius 2 is 1.88 bits per heavy atom. The number of benzene rings is 1. The summed E-state index contributed by atoms with van der Waals surface area (Å²) < 4.78 is 0.950. The molecule has 0 aliphatic carbocycles. The summed E-state index contributed by atoms with van der Waals surface area (Å²) in [7, 11) is 0. The van der Waals surface area contributed by atoms with Crippen molar-refractivity contribution in [2.75, 3.05) is 6.54 Å². The molecule has 0 fully saturated rings. The number of nitrogens with zero attached hydrogens (tertiary/aromatic N) is 1. The standard InChI is InChI=1S/C18H14BrN3O2/c1-2-22-17(23)15(16(18(22)24)13-4-3-7-20-13)12-9-21-14-8-10(19)5-6-11(12)14/h3-9,20-21H,2H2,1H3. The van der Waals surface area contributed by atoms with Crippen molar-refractivity contribution in [1.82, 2.24) is 14.9 Å². The lowest BCUT2D eigenvalue weighted by atomic mass is 9.99. The van der Waals surface area contributed by atoms with Crippen LogP contribution in [0.15, 0.2) is 47.2 Å². The molecule has 0 radical (unpaired) electrons. The second-order valence-corrected chi connectivity index (χ2v) is 6.50. The van der Waals surface area contributed by atoms with Crippen molar-refractivity contribution in [1.29, 1.82) is 0 Å². The van der Waals surface area contributed by atoms with Crippen LogP contribution in [0.3, 0.4) is 0 Å². The number of H-pyrrole nitrogens is 2. The van der Waals surface area contributed by atoms with Crippen molar-refractivity contribution in [3.63, 3.8) is 0 Å². The van der Waals surface area contributed by atoms with Crippen molar-refractivity contribution in [3.8, 4) is 0 Å². The molecular weight excluding hydrogens is 370 g/mol. The minimum Gasteiger partial charge on any atom is -0.361 e. The highest BCUT2D eigenvalue weighted by atomic mass is 79.9. The van der Waals surface area contributed by atoms with Gasteiger partial charge in [0, 0.05) is 39.9 Å². The molecule has 2 N–H and O–H groups in total. The lowest BCUT2D eigenvalue weighted by Gasteiger charge is -2.11. The lowest BCUT2D eigenvalue weighted by Crippen LogP contribution is -2.31. The van der Waals surface area contributed by atoms with Gasteiger partial charge in [0.1, 0.15) is 0 Å². The molecule has 0 atom stereocenters. The SMILES string of the molecule is CCN1C(=O)C(c2ccc[nH]2)=C(c2c[nH]c3cc(Br)ccc23)C1=O. The maximum absolute atomic E-state index is 12.9. The third-order valence-corrected chi connectivity index (χ3v) is 4.76. The van der Waals surface area contributed by atoms with Gasteiger partial charge < -0.3 is 9.97 Å². The van der Waals surface area contributed by atoms with Crippen LogP contribution >= 0.6 is 15.9 Å². The van der Waals surface area contributed by atoms with Gasteiger partial charge in [-0.05, 0) is 31.2 Å². The first kappa shape index (κ1) is 15.0. The monoisotopic (exact) mass is 383 g/mol. The normalized spacial score (nSPS) is 15.2. The van der Waals surface area contributed by atoms with Crippen LogP contribution in [0.25, 0.3) is 22.0 Å². The number of hydrogen-bond donors (Lipinski definition) is 2. The number of fused-ring (bicyclic) bond motifs is 1. The lowest BCUT2D eigenvalue weighted by molar-refractivity contribution is -0.135. The zero-order valence-electron chi connectivity index (χ0n) is 12.9. The van der Waals surface area contributed by atoms with Crippen LogP contribution in [0.2, 0.25) is 0 Å². The second kappa shape index (κ2) is 5.49. The highest BCUT2D eigenvalue weighted by Gasteiger charge is 2.39. The van der Waals surface area contributed by atoms with Crippen LogP contribution in [-0.2, 0) is 9.59 Å². The number of nitrogens with one attached hydrogen (secondary N) is 2. The number of amides is 2. The molecule has 1 aliphatic rings. The van der Waals surface area contributed by atoms with Crippen molar-refractivity contribution in [2.45, 2.75) is 6.92 Å². The van der Waals surface area contributed by atoms with Crippen LogP contribution in [0, 0.1) is 0 Å². The number of aromatic nitrogens is 2. The Balaban J connectivity index is 2.01. The first-order valence-electron chi connectivity index (χ1n) is 7.63. The quantitative estimate of drug-likeness (QED) is 0.678. The number of aromatic amines is 2. The van der Waals surface area contributed by atoms with E-state index in [1.54, 1.807) is 19.3 Å². The van der Waals surface area contributed by atoms with Crippen molar-refractivity contribution in [3.05, 3.63) is 58.5 Å². The van der Waals surface area contributed by atoms with E-state index in [9.17, 15) is 9.59 Å². The van der Waals surface area contributed by atoms with E-state index in [-0.39, 0.29) is 11.8 Å². The van der Waals surface area contributed by atoms with E-state index in [2.05, 4.69) is 25.9 Å². The van der Waals surface area contributed by atoms with Crippen LogP contribution in [0.4, 0.5) is 0 Å². The fourth-order valence-electron chi connectivity index (χ4n) is 3.15. The molecule has 120 valence electrons. The van der Waals surface area contributed by atoms with Crippen molar-refractivity contribution < 1.29 is 9.59 Å². The number of carbonyl (C=O) groups excluding carboxylic acids is 2. The topological polar surface area (TPSA) is 69.0 Å². The highest BCUT2D eigenvalue weighted by Crippen LogP contribution is 2.38. The number of rotatable bonds is 3. The van der Waals surface area contributed by atoms with E-state index in [1.807, 2.05) is 30.3 Å². The number of hydrogen-bond acceptors (Lipinski definition) is 2. The Kier molecular flexibility index (Phi) is 3.42. The molecule has 0 saturated heterocycles. The number of halogens is 1. The highest BCUT2D eigenvalue weighted by molar-refractivity contribution is 9.10. The molecule has 24 heavy (non-hydrogen) atoms. The Morgan fingerprint density at radius 3 is 2.58 bits per heavy atom. The van der Waals surface area contributed by atoms with Crippen LogP contribution < -0.4 is 0 Å². The fraction of sp³-hybridized carbons (Fsp3) is 0.111. The molecule has 1 aromatic carbocycles. The van der Waals surface area contributed by atoms with Gasteiger partial charge in [0.15, 0.2) is 0 Å². The summed E-state index contributed by atoms with van der Waals surface area (Å²) in [6, 6.07) is 9.45. The van der Waals surface area contributed by atoms with Crippen LogP contribution in [-0.4, -0.2) is 33.2 Å². The van der Waals surface area contributed by atoms with Crippen LogP contribution in [0.1, 0.15) is 18.2 Å². The summed E-state index contributed by atoms with van der Waals surface area (Å²) in [5.41, 5.74) is 3.18. The minimum atomic E-state index is -0.258.